The number of nitrogens with one attached hydrogen (secondary N) is 2. The summed E-state index contributed by atoms with van der Waals surface area (Å²) < 4.78 is 30.3. The minimum absolute atomic E-state index is 0.0564. The van der Waals surface area contributed by atoms with E-state index in [9.17, 15) is 22.8 Å². The van der Waals surface area contributed by atoms with E-state index in [1.54, 1.807) is 48.5 Å². The van der Waals surface area contributed by atoms with Crippen molar-refractivity contribution in [1.29, 1.82) is 0 Å². The molecule has 0 unspecified atom stereocenters. The van der Waals surface area contributed by atoms with Crippen molar-refractivity contribution >= 4 is 33.3 Å². The number of ether oxygens (including phenoxy) is 1. The third-order valence-corrected chi connectivity index (χ3v) is 6.45. The van der Waals surface area contributed by atoms with Gasteiger partial charge in [0.15, 0.2) is 9.84 Å². The smallest absolute Gasteiger partial charge is 0.325 e. The summed E-state index contributed by atoms with van der Waals surface area (Å²) >= 11 is 0. The molecule has 3 rings (SSSR count). The quantitative estimate of drug-likeness (QED) is 0.455. The van der Waals surface area contributed by atoms with E-state index in [0.717, 1.165) is 0 Å². The zero-order valence-corrected chi connectivity index (χ0v) is 19.3. The molecule has 3 aromatic rings. The SMILES string of the molecule is CC(=O)Nc1ccc(C(=O)NCC(=O)OCc2ccc(S(=O)(=O)Cc3ccccc3)cc2)cc1. The van der Waals surface area contributed by atoms with Crippen LogP contribution in [0, 0.1) is 0 Å². The number of amides is 2. The molecule has 0 aromatic heterocycles. The molecule has 2 amide bonds. The number of hydrogen-bond acceptors (Lipinski definition) is 6. The lowest BCUT2D eigenvalue weighted by atomic mass is 10.2. The number of carbonyl (C=O) groups is 3. The number of hydrogen-bond donors (Lipinski definition) is 2. The molecular formula is C25H24N2O6S. The van der Waals surface area contributed by atoms with Gasteiger partial charge in [-0.25, -0.2) is 8.42 Å². The van der Waals surface area contributed by atoms with Crippen LogP contribution < -0.4 is 10.6 Å². The van der Waals surface area contributed by atoms with Gasteiger partial charge < -0.3 is 15.4 Å². The van der Waals surface area contributed by atoms with Crippen LogP contribution in [0.5, 0.6) is 0 Å². The van der Waals surface area contributed by atoms with Crippen LogP contribution in [0.25, 0.3) is 0 Å². The van der Waals surface area contributed by atoms with E-state index >= 15 is 0 Å². The van der Waals surface area contributed by atoms with E-state index in [1.165, 1.54) is 31.2 Å². The fourth-order valence-electron chi connectivity index (χ4n) is 3.05. The number of sulfone groups is 1. The minimum Gasteiger partial charge on any atom is -0.460 e. The minimum atomic E-state index is -3.49. The molecule has 0 saturated carbocycles. The summed E-state index contributed by atoms with van der Waals surface area (Å²) in [7, 11) is -3.49. The van der Waals surface area contributed by atoms with E-state index in [0.29, 0.717) is 22.4 Å². The molecule has 8 nitrogen and oxygen atoms in total. The molecule has 0 atom stereocenters. The van der Waals surface area contributed by atoms with Crippen LogP contribution in [0.4, 0.5) is 5.69 Å². The van der Waals surface area contributed by atoms with Crippen molar-refractivity contribution in [2.75, 3.05) is 11.9 Å². The molecule has 0 radical (unpaired) electrons. The predicted octanol–water partition coefficient (Wildman–Crippen LogP) is 3.09. The predicted molar refractivity (Wildman–Crippen MR) is 127 cm³/mol. The summed E-state index contributed by atoms with van der Waals surface area (Å²) in [5.74, 6) is -1.41. The maximum absolute atomic E-state index is 12.6. The standard InChI is InChI=1S/C25H24N2O6S/c1-18(28)27-22-11-9-21(10-12-22)25(30)26-15-24(29)33-16-19-7-13-23(14-8-19)34(31,32)17-20-5-3-2-4-6-20/h2-14H,15-17H2,1H3,(H,26,30)(H,27,28). The van der Waals surface area contributed by atoms with E-state index in [2.05, 4.69) is 10.6 Å². The Bertz CT molecular complexity index is 1260. The van der Waals surface area contributed by atoms with Crippen LogP contribution in [-0.2, 0) is 36.5 Å². The topological polar surface area (TPSA) is 119 Å². The highest BCUT2D eigenvalue weighted by Crippen LogP contribution is 2.17. The van der Waals surface area contributed by atoms with Crippen LogP contribution in [0.3, 0.4) is 0 Å². The van der Waals surface area contributed by atoms with Gasteiger partial charge in [-0.05, 0) is 47.5 Å². The summed E-state index contributed by atoms with van der Waals surface area (Å²) in [5, 5.41) is 5.06. The van der Waals surface area contributed by atoms with Crippen LogP contribution in [0.2, 0.25) is 0 Å². The Kier molecular flexibility index (Phi) is 8.15. The molecule has 0 aliphatic rings. The summed E-state index contributed by atoms with van der Waals surface area (Å²) in [5.41, 5.74) is 2.20. The van der Waals surface area contributed by atoms with Crippen molar-refractivity contribution < 1.29 is 27.5 Å². The van der Waals surface area contributed by atoms with Gasteiger partial charge in [-0.15, -0.1) is 0 Å². The van der Waals surface area contributed by atoms with Gasteiger partial charge in [-0.1, -0.05) is 42.5 Å². The molecule has 3 aromatic carbocycles. The Hall–Kier alpha value is -3.98. The number of carbonyl (C=O) groups excluding carboxylic acids is 3. The van der Waals surface area contributed by atoms with Gasteiger partial charge in [0.05, 0.1) is 10.6 Å². The zero-order valence-electron chi connectivity index (χ0n) is 18.5. The lowest BCUT2D eigenvalue weighted by Gasteiger charge is -2.09. The van der Waals surface area contributed by atoms with Crippen molar-refractivity contribution in [2.45, 2.75) is 24.2 Å². The summed E-state index contributed by atoms with van der Waals surface area (Å²) in [6.07, 6.45) is 0. The molecule has 2 N–H and O–H groups in total. The molecule has 0 bridgehead atoms. The lowest BCUT2D eigenvalue weighted by Crippen LogP contribution is -2.30. The summed E-state index contributed by atoms with van der Waals surface area (Å²) in [6, 6.07) is 21.3. The Balaban J connectivity index is 1.46. The second-order valence-electron chi connectivity index (χ2n) is 7.49. The van der Waals surface area contributed by atoms with Gasteiger partial charge in [0.25, 0.3) is 5.91 Å². The van der Waals surface area contributed by atoms with Gasteiger partial charge in [-0.3, -0.25) is 14.4 Å². The van der Waals surface area contributed by atoms with Gasteiger partial charge in [0, 0.05) is 18.2 Å². The molecule has 0 aliphatic carbocycles. The normalized spacial score (nSPS) is 10.9. The first-order valence-corrected chi connectivity index (χ1v) is 12.1. The molecule has 0 aliphatic heterocycles. The van der Waals surface area contributed by atoms with E-state index in [4.69, 9.17) is 4.74 Å². The van der Waals surface area contributed by atoms with Crippen molar-refractivity contribution in [3.05, 3.63) is 95.6 Å². The van der Waals surface area contributed by atoms with Gasteiger partial charge in [0.1, 0.15) is 13.2 Å². The van der Waals surface area contributed by atoms with Crippen molar-refractivity contribution in [2.24, 2.45) is 0 Å². The molecule has 9 heteroatoms. The fraction of sp³-hybridized carbons (Fsp3) is 0.160. The third-order valence-electron chi connectivity index (χ3n) is 4.74. The highest BCUT2D eigenvalue weighted by atomic mass is 32.2. The average Bonchev–Trinajstić information content (AvgIpc) is 2.82. The van der Waals surface area contributed by atoms with E-state index < -0.39 is 21.7 Å². The maximum atomic E-state index is 12.6. The second kappa shape index (κ2) is 11.2. The van der Waals surface area contributed by atoms with Gasteiger partial charge in [-0.2, -0.15) is 0 Å². The first kappa shape index (κ1) is 24.7. The first-order chi connectivity index (χ1) is 16.2. The molecule has 176 valence electrons. The third kappa shape index (κ3) is 7.28. The molecule has 0 spiro atoms. The molecular weight excluding hydrogens is 456 g/mol. The number of anilines is 1. The van der Waals surface area contributed by atoms with Crippen molar-refractivity contribution in [3.8, 4) is 0 Å². The molecule has 0 fully saturated rings. The Labute approximate surface area is 197 Å². The lowest BCUT2D eigenvalue weighted by molar-refractivity contribution is -0.143. The van der Waals surface area contributed by atoms with Crippen LogP contribution >= 0.6 is 0 Å². The Morgan fingerprint density at radius 2 is 1.47 bits per heavy atom. The molecule has 0 heterocycles. The fourth-order valence-corrected chi connectivity index (χ4v) is 4.40. The van der Waals surface area contributed by atoms with E-state index in [1.807, 2.05) is 6.07 Å². The average molecular weight is 481 g/mol. The van der Waals surface area contributed by atoms with Gasteiger partial charge in [0.2, 0.25) is 5.91 Å². The van der Waals surface area contributed by atoms with Crippen LogP contribution in [-0.4, -0.2) is 32.7 Å². The number of benzene rings is 3. The highest BCUT2D eigenvalue weighted by Gasteiger charge is 2.15. The van der Waals surface area contributed by atoms with Crippen molar-refractivity contribution in [1.82, 2.24) is 5.32 Å². The van der Waals surface area contributed by atoms with Crippen LogP contribution in [0.1, 0.15) is 28.4 Å². The Morgan fingerprint density at radius 1 is 0.824 bits per heavy atom. The largest absolute Gasteiger partial charge is 0.460 e. The van der Waals surface area contributed by atoms with Crippen LogP contribution in [0.15, 0.2) is 83.8 Å². The van der Waals surface area contributed by atoms with E-state index in [-0.39, 0.29) is 29.7 Å². The molecule has 0 saturated heterocycles. The zero-order chi connectivity index (χ0) is 24.6. The highest BCUT2D eigenvalue weighted by molar-refractivity contribution is 7.90. The number of esters is 1. The summed E-state index contributed by atoms with van der Waals surface area (Å²) in [6.45, 7) is 1.00. The van der Waals surface area contributed by atoms with Crippen molar-refractivity contribution in [3.63, 3.8) is 0 Å². The Morgan fingerprint density at radius 3 is 2.09 bits per heavy atom. The maximum Gasteiger partial charge on any atom is 0.325 e. The second-order valence-corrected chi connectivity index (χ2v) is 9.48. The monoisotopic (exact) mass is 480 g/mol. The van der Waals surface area contributed by atoms with Gasteiger partial charge >= 0.3 is 5.97 Å². The summed E-state index contributed by atoms with van der Waals surface area (Å²) in [4.78, 5) is 35.3. The number of rotatable bonds is 9. The molecule has 34 heavy (non-hydrogen) atoms. The first-order valence-electron chi connectivity index (χ1n) is 10.4.